The van der Waals surface area contributed by atoms with Crippen LogP contribution in [0.15, 0.2) is 17.9 Å². The minimum Gasteiger partial charge on any atom is -0.129 e. The molecule has 0 radical (unpaired) electrons. The maximum atomic E-state index is 3.04. The highest BCUT2D eigenvalue weighted by atomic mass is 14.1. The van der Waals surface area contributed by atoms with E-state index >= 15 is 0 Å². The predicted octanol–water partition coefficient (Wildman–Crippen LogP) is 2.76. The summed E-state index contributed by atoms with van der Waals surface area (Å²) in [5.74, 6) is 0. The van der Waals surface area contributed by atoms with E-state index < -0.39 is 0 Å². The normalized spacial score (nSPS) is 10.0. The number of allylic oxidation sites excluding steroid dienone is 1. The van der Waals surface area contributed by atoms with Gasteiger partial charge in [-0.3, -0.25) is 0 Å². The Labute approximate surface area is 51.9 Å². The zero-order valence-electron chi connectivity index (χ0n) is 6.15. The van der Waals surface area contributed by atoms with Crippen molar-refractivity contribution in [2.24, 2.45) is 5.41 Å². The van der Waals surface area contributed by atoms with Gasteiger partial charge in [0.2, 0.25) is 0 Å². The van der Waals surface area contributed by atoms with Crippen LogP contribution in [0.1, 0.15) is 27.7 Å². The van der Waals surface area contributed by atoms with Crippen molar-refractivity contribution in [3.63, 3.8) is 0 Å². The number of hydrogen-bond donors (Lipinski definition) is 0. The topological polar surface area (TPSA) is 0 Å². The summed E-state index contributed by atoms with van der Waals surface area (Å²) in [5.41, 5.74) is 3.32. The minimum atomic E-state index is 0.284. The molecule has 0 aliphatic heterocycles. The van der Waals surface area contributed by atoms with Crippen molar-refractivity contribution < 1.29 is 0 Å². The van der Waals surface area contributed by atoms with Gasteiger partial charge in [-0.1, -0.05) is 20.8 Å². The van der Waals surface area contributed by atoms with E-state index in [1.165, 1.54) is 0 Å². The summed E-state index contributed by atoms with van der Waals surface area (Å²) < 4.78 is 0. The highest BCUT2D eigenvalue weighted by Crippen LogP contribution is 2.12. The van der Waals surface area contributed by atoms with Gasteiger partial charge in [0, 0.05) is 0 Å². The molecule has 0 heterocycles. The fourth-order valence-electron chi connectivity index (χ4n) is 0.333. The van der Waals surface area contributed by atoms with Crippen LogP contribution in [0, 0.1) is 5.41 Å². The first-order chi connectivity index (χ1) is 3.56. The maximum absolute atomic E-state index is 3.04. The van der Waals surface area contributed by atoms with Crippen molar-refractivity contribution in [2.75, 3.05) is 0 Å². The lowest BCUT2D eigenvalue weighted by Gasteiger charge is -2.07. The van der Waals surface area contributed by atoms with Crippen molar-refractivity contribution in [1.82, 2.24) is 0 Å². The molecular weight excluding hydrogens is 96.1 g/mol. The molecule has 0 unspecified atom stereocenters. The van der Waals surface area contributed by atoms with Gasteiger partial charge < -0.3 is 0 Å². The Balaban J connectivity index is 3.89. The van der Waals surface area contributed by atoms with Gasteiger partial charge in [0.1, 0.15) is 0 Å². The molecule has 0 saturated heterocycles. The first-order valence-electron chi connectivity index (χ1n) is 2.94. The van der Waals surface area contributed by atoms with Gasteiger partial charge in [-0.25, -0.2) is 0 Å². The van der Waals surface area contributed by atoms with Crippen molar-refractivity contribution in [3.05, 3.63) is 17.9 Å². The van der Waals surface area contributed by atoms with E-state index in [0.717, 1.165) is 0 Å². The molecule has 0 bridgehead atoms. The van der Waals surface area contributed by atoms with Crippen molar-refractivity contribution in [2.45, 2.75) is 27.7 Å². The van der Waals surface area contributed by atoms with Gasteiger partial charge >= 0.3 is 0 Å². The number of rotatable bonds is 0. The Kier molecular flexibility index (Phi) is 2.57. The standard InChI is InChI=1S/C8H14/c1-5-6-7-8(2,3)4/h5,7H,1-4H3. The second kappa shape index (κ2) is 2.74. The van der Waals surface area contributed by atoms with Crippen LogP contribution in [0.25, 0.3) is 0 Å². The molecule has 0 aromatic carbocycles. The summed E-state index contributed by atoms with van der Waals surface area (Å²) in [6.07, 6.45) is 3.98. The fraction of sp³-hybridized carbons (Fsp3) is 0.625. The SMILES string of the molecule is CC=C=CC(C)(C)C. The second-order valence-electron chi connectivity index (χ2n) is 2.97. The van der Waals surface area contributed by atoms with E-state index in [4.69, 9.17) is 0 Å². The van der Waals surface area contributed by atoms with Gasteiger partial charge in [0.05, 0.1) is 0 Å². The Morgan fingerprint density at radius 2 is 1.75 bits per heavy atom. The van der Waals surface area contributed by atoms with Crippen LogP contribution in [0.4, 0.5) is 0 Å². The molecule has 46 valence electrons. The molecule has 0 N–H and O–H groups in total. The number of hydrogen-bond acceptors (Lipinski definition) is 0. The first-order valence-corrected chi connectivity index (χ1v) is 2.94. The molecule has 0 heteroatoms. The molecule has 0 aromatic rings. The summed E-state index contributed by atoms with van der Waals surface area (Å²) in [5, 5.41) is 0. The van der Waals surface area contributed by atoms with Crippen molar-refractivity contribution in [3.8, 4) is 0 Å². The van der Waals surface area contributed by atoms with Gasteiger partial charge in [-0.05, 0) is 24.5 Å². The predicted molar refractivity (Wildman–Crippen MR) is 37.8 cm³/mol. The lowest BCUT2D eigenvalue weighted by Crippen LogP contribution is -1.96. The molecule has 0 aliphatic carbocycles. The van der Waals surface area contributed by atoms with E-state index in [9.17, 15) is 0 Å². The van der Waals surface area contributed by atoms with Crippen LogP contribution in [-0.4, -0.2) is 0 Å². The quantitative estimate of drug-likeness (QED) is 0.421. The Hall–Kier alpha value is -0.480. The van der Waals surface area contributed by atoms with Crippen molar-refractivity contribution in [1.29, 1.82) is 0 Å². The molecule has 0 nitrogen and oxygen atoms in total. The van der Waals surface area contributed by atoms with E-state index in [0.29, 0.717) is 0 Å². The molecule has 0 aliphatic rings. The summed E-state index contributed by atoms with van der Waals surface area (Å²) in [4.78, 5) is 0. The van der Waals surface area contributed by atoms with Gasteiger partial charge in [0.15, 0.2) is 0 Å². The summed E-state index contributed by atoms with van der Waals surface area (Å²) in [6, 6.07) is 0. The molecular formula is C8H14. The van der Waals surface area contributed by atoms with Crippen LogP contribution in [-0.2, 0) is 0 Å². The van der Waals surface area contributed by atoms with Crippen molar-refractivity contribution >= 4 is 0 Å². The monoisotopic (exact) mass is 110 g/mol. The van der Waals surface area contributed by atoms with Gasteiger partial charge in [-0.15, -0.1) is 5.73 Å². The van der Waals surface area contributed by atoms with Crippen LogP contribution < -0.4 is 0 Å². The third-order valence-corrected chi connectivity index (χ3v) is 0.683. The summed E-state index contributed by atoms with van der Waals surface area (Å²) >= 11 is 0. The Morgan fingerprint density at radius 1 is 1.25 bits per heavy atom. The van der Waals surface area contributed by atoms with Crippen LogP contribution in [0.3, 0.4) is 0 Å². The smallest absolute Gasteiger partial charge is 0.0127 e. The van der Waals surface area contributed by atoms with E-state index in [1.54, 1.807) is 0 Å². The fourth-order valence-corrected chi connectivity index (χ4v) is 0.333. The molecule has 0 fully saturated rings. The van der Waals surface area contributed by atoms with Crippen LogP contribution >= 0.6 is 0 Å². The molecule has 0 aromatic heterocycles. The largest absolute Gasteiger partial charge is 0.129 e. The molecule has 0 rings (SSSR count). The second-order valence-corrected chi connectivity index (χ2v) is 2.97. The molecule has 0 spiro atoms. The highest BCUT2D eigenvalue weighted by Gasteiger charge is 2.01. The first kappa shape index (κ1) is 7.52. The van der Waals surface area contributed by atoms with E-state index in [1.807, 2.05) is 13.0 Å². The third kappa shape index (κ3) is 5.52. The average Bonchev–Trinajstić information content (AvgIpc) is 1.59. The van der Waals surface area contributed by atoms with E-state index in [-0.39, 0.29) is 5.41 Å². The summed E-state index contributed by atoms with van der Waals surface area (Å²) in [7, 11) is 0. The zero-order valence-corrected chi connectivity index (χ0v) is 6.15. The third-order valence-electron chi connectivity index (χ3n) is 0.683. The van der Waals surface area contributed by atoms with Gasteiger partial charge in [0.25, 0.3) is 0 Å². The Bertz CT molecular complexity index is 106. The molecule has 8 heavy (non-hydrogen) atoms. The van der Waals surface area contributed by atoms with E-state index in [2.05, 4.69) is 32.6 Å². The zero-order chi connectivity index (χ0) is 6.62. The van der Waals surface area contributed by atoms with Crippen LogP contribution in [0.2, 0.25) is 0 Å². The maximum Gasteiger partial charge on any atom is -0.0127 e. The Morgan fingerprint density at radius 3 is 1.88 bits per heavy atom. The molecule has 0 saturated carbocycles. The average molecular weight is 110 g/mol. The minimum absolute atomic E-state index is 0.284. The lowest BCUT2D eigenvalue weighted by molar-refractivity contribution is 0.545. The molecule has 0 amide bonds. The highest BCUT2D eigenvalue weighted by molar-refractivity contribution is 4.91. The molecule has 0 atom stereocenters. The van der Waals surface area contributed by atoms with Crippen LogP contribution in [0.5, 0.6) is 0 Å². The lowest BCUT2D eigenvalue weighted by atomic mass is 9.97. The van der Waals surface area contributed by atoms with Gasteiger partial charge in [-0.2, -0.15) is 0 Å². The summed E-state index contributed by atoms with van der Waals surface area (Å²) in [6.45, 7) is 8.44.